The zero-order valence-corrected chi connectivity index (χ0v) is 14.8. The summed E-state index contributed by atoms with van der Waals surface area (Å²) >= 11 is 6.96. The van der Waals surface area contributed by atoms with Crippen LogP contribution < -0.4 is 10.6 Å². The van der Waals surface area contributed by atoms with E-state index in [-0.39, 0.29) is 18.0 Å². The third kappa shape index (κ3) is 5.79. The van der Waals surface area contributed by atoms with Crippen LogP contribution in [0.25, 0.3) is 0 Å². The lowest BCUT2D eigenvalue weighted by atomic mass is 9.97. The van der Waals surface area contributed by atoms with Crippen molar-refractivity contribution in [1.29, 1.82) is 0 Å². The molecule has 0 aromatic heterocycles. The average molecular weight is 394 g/mol. The molecule has 0 aromatic rings. The van der Waals surface area contributed by atoms with E-state index >= 15 is 0 Å². The van der Waals surface area contributed by atoms with Gasteiger partial charge in [-0.05, 0) is 18.9 Å². The first-order chi connectivity index (χ1) is 8.96. The minimum absolute atomic E-state index is 0.0553. The molecule has 19 heavy (non-hydrogen) atoms. The molecule has 2 N–H and O–H groups in total. The number of hydrogen-bond acceptors (Lipinski definition) is 2. The van der Waals surface area contributed by atoms with Crippen molar-refractivity contribution in [3.63, 3.8) is 0 Å². The van der Waals surface area contributed by atoms with Gasteiger partial charge >= 0.3 is 0 Å². The van der Waals surface area contributed by atoms with Crippen LogP contribution in [0.2, 0.25) is 0 Å². The fourth-order valence-corrected chi connectivity index (χ4v) is 2.86. The minimum Gasteiger partial charge on any atom is -0.348 e. The molecule has 1 aliphatic rings. The second-order valence-corrected chi connectivity index (χ2v) is 6.30. The zero-order valence-electron chi connectivity index (χ0n) is 11.7. The van der Waals surface area contributed by atoms with Crippen LogP contribution >= 0.6 is 31.9 Å². The Hall–Kier alpha value is -0.130. The predicted molar refractivity (Wildman–Crippen MR) is 88.0 cm³/mol. The van der Waals surface area contributed by atoms with E-state index in [0.29, 0.717) is 6.04 Å². The molecule has 1 amide bonds. The van der Waals surface area contributed by atoms with Gasteiger partial charge in [0.1, 0.15) is 0 Å². The van der Waals surface area contributed by atoms with E-state index < -0.39 is 0 Å². The zero-order chi connectivity index (χ0) is 14.4. The molecule has 2 atom stereocenters. The van der Waals surface area contributed by atoms with Crippen LogP contribution in [0.1, 0.15) is 27.2 Å². The number of carbonyl (C=O) groups is 1. The van der Waals surface area contributed by atoms with Gasteiger partial charge < -0.3 is 10.6 Å². The highest BCUT2D eigenvalue weighted by molar-refractivity contribution is 9.09. The molecule has 0 fully saturated rings. The van der Waals surface area contributed by atoms with Gasteiger partial charge in [-0.1, -0.05) is 63.4 Å². The number of halogens is 2. The lowest BCUT2D eigenvalue weighted by Crippen LogP contribution is -2.48. The molecule has 0 heterocycles. The molecule has 0 aromatic carbocycles. The summed E-state index contributed by atoms with van der Waals surface area (Å²) in [4.78, 5) is 12.1. The van der Waals surface area contributed by atoms with Crippen molar-refractivity contribution >= 4 is 37.8 Å². The molecule has 0 bridgehead atoms. The van der Waals surface area contributed by atoms with E-state index in [1.165, 1.54) is 11.1 Å². The molecule has 0 aliphatic heterocycles. The maximum Gasteiger partial charge on any atom is 0.237 e. The van der Waals surface area contributed by atoms with Gasteiger partial charge in [0.2, 0.25) is 5.91 Å². The molecule has 1 aliphatic carbocycles. The Morgan fingerprint density at radius 3 is 2.58 bits per heavy atom. The normalized spacial score (nSPS) is 20.8. The van der Waals surface area contributed by atoms with E-state index in [4.69, 9.17) is 0 Å². The Labute approximate surface area is 132 Å². The fourth-order valence-electron chi connectivity index (χ4n) is 2.12. The van der Waals surface area contributed by atoms with Gasteiger partial charge in [0, 0.05) is 16.7 Å². The van der Waals surface area contributed by atoms with E-state index in [1.54, 1.807) is 0 Å². The number of hydrogen-bond donors (Lipinski definition) is 2. The molecule has 0 saturated heterocycles. The molecule has 0 radical (unpaired) electrons. The van der Waals surface area contributed by atoms with Crippen molar-refractivity contribution in [1.82, 2.24) is 10.6 Å². The van der Waals surface area contributed by atoms with E-state index in [0.717, 1.165) is 17.1 Å². The Morgan fingerprint density at radius 1 is 1.37 bits per heavy atom. The Bertz CT molecular complexity index is 378. The van der Waals surface area contributed by atoms with Crippen molar-refractivity contribution in [2.75, 3.05) is 10.7 Å². The smallest absolute Gasteiger partial charge is 0.237 e. The van der Waals surface area contributed by atoms with Crippen molar-refractivity contribution in [2.24, 2.45) is 0 Å². The lowest BCUT2D eigenvalue weighted by molar-refractivity contribution is -0.123. The minimum atomic E-state index is -0.167. The van der Waals surface area contributed by atoms with Crippen LogP contribution in [0.3, 0.4) is 0 Å². The average Bonchev–Trinajstić information content (AvgIpc) is 2.37. The monoisotopic (exact) mass is 392 g/mol. The molecular formula is C14H22Br2N2O. The van der Waals surface area contributed by atoms with Crippen LogP contribution in [0.15, 0.2) is 23.3 Å². The maximum absolute atomic E-state index is 12.1. The van der Waals surface area contributed by atoms with Crippen molar-refractivity contribution in [3.8, 4) is 0 Å². The highest BCUT2D eigenvalue weighted by atomic mass is 79.9. The number of alkyl halides is 2. The van der Waals surface area contributed by atoms with Gasteiger partial charge in [0.25, 0.3) is 0 Å². The van der Waals surface area contributed by atoms with Crippen LogP contribution in [0.4, 0.5) is 0 Å². The van der Waals surface area contributed by atoms with Gasteiger partial charge in [-0.15, -0.1) is 0 Å². The largest absolute Gasteiger partial charge is 0.348 e. The summed E-state index contributed by atoms with van der Waals surface area (Å²) < 4.78 is 0. The molecule has 1 rings (SSSR count). The van der Waals surface area contributed by atoms with Crippen LogP contribution in [-0.4, -0.2) is 34.7 Å². The van der Waals surface area contributed by atoms with Crippen molar-refractivity contribution in [2.45, 2.75) is 45.3 Å². The van der Waals surface area contributed by atoms with Gasteiger partial charge in [-0.25, -0.2) is 0 Å². The second-order valence-electron chi connectivity index (χ2n) is 5.17. The highest BCUT2D eigenvalue weighted by Gasteiger charge is 2.20. The highest BCUT2D eigenvalue weighted by Crippen LogP contribution is 2.20. The van der Waals surface area contributed by atoms with Gasteiger partial charge in [0.15, 0.2) is 0 Å². The van der Waals surface area contributed by atoms with Crippen LogP contribution in [0.5, 0.6) is 0 Å². The SMILES string of the molecule is CC(C)N[C@H](C)C(=O)NC1C=C(CBr)C=C(CBr)C1. The first-order valence-corrected chi connectivity index (χ1v) is 8.79. The lowest BCUT2D eigenvalue weighted by Gasteiger charge is -2.24. The van der Waals surface area contributed by atoms with Crippen LogP contribution in [0, 0.1) is 0 Å². The summed E-state index contributed by atoms with van der Waals surface area (Å²) in [5.41, 5.74) is 2.53. The Morgan fingerprint density at radius 2 is 2.05 bits per heavy atom. The predicted octanol–water partition coefficient (Wildman–Crippen LogP) is 2.90. The fraction of sp³-hybridized carbons (Fsp3) is 0.643. The molecule has 0 saturated carbocycles. The van der Waals surface area contributed by atoms with Gasteiger partial charge in [-0.3, -0.25) is 4.79 Å². The molecular weight excluding hydrogens is 372 g/mol. The van der Waals surface area contributed by atoms with E-state index in [1.807, 2.05) is 20.8 Å². The van der Waals surface area contributed by atoms with E-state index in [9.17, 15) is 4.79 Å². The van der Waals surface area contributed by atoms with Gasteiger partial charge in [0.05, 0.1) is 12.1 Å². The maximum atomic E-state index is 12.1. The van der Waals surface area contributed by atoms with Gasteiger partial charge in [-0.2, -0.15) is 0 Å². The summed E-state index contributed by atoms with van der Waals surface area (Å²) in [7, 11) is 0. The standard InChI is InChI=1S/C14H22Br2N2O/c1-9(2)17-10(3)14(19)18-13-5-11(7-15)4-12(6-13)8-16/h4-5,9-10,13,17H,6-8H2,1-3H3,(H,18,19)/t10-,13?/m1/s1. The first-order valence-electron chi connectivity index (χ1n) is 6.54. The third-order valence-corrected chi connectivity index (χ3v) is 4.28. The van der Waals surface area contributed by atoms with Crippen molar-refractivity contribution in [3.05, 3.63) is 23.3 Å². The quantitative estimate of drug-likeness (QED) is 0.681. The molecule has 0 spiro atoms. The third-order valence-electron chi connectivity index (χ3n) is 2.92. The summed E-state index contributed by atoms with van der Waals surface area (Å²) in [5, 5.41) is 7.97. The number of carbonyl (C=O) groups excluding carboxylic acids is 1. The van der Waals surface area contributed by atoms with E-state index in [2.05, 4.69) is 54.6 Å². The molecule has 1 unspecified atom stereocenters. The Kier molecular flexibility index (Phi) is 7.32. The molecule has 5 heteroatoms. The summed E-state index contributed by atoms with van der Waals surface area (Å²) in [6.07, 6.45) is 5.19. The number of nitrogens with one attached hydrogen (secondary N) is 2. The number of rotatable bonds is 6. The summed E-state index contributed by atoms with van der Waals surface area (Å²) in [6.45, 7) is 5.98. The number of allylic oxidation sites excluding steroid dienone is 2. The molecule has 3 nitrogen and oxygen atoms in total. The topological polar surface area (TPSA) is 41.1 Å². The summed E-state index contributed by atoms with van der Waals surface area (Å²) in [6, 6.07) is 0.229. The summed E-state index contributed by atoms with van der Waals surface area (Å²) in [5.74, 6) is 0.0553. The Balaban J connectivity index is 2.60. The second kappa shape index (κ2) is 8.22. The first kappa shape index (κ1) is 16.9. The number of amides is 1. The van der Waals surface area contributed by atoms with Crippen molar-refractivity contribution < 1.29 is 4.79 Å². The molecule has 108 valence electrons. The van der Waals surface area contributed by atoms with Crippen LogP contribution in [-0.2, 0) is 4.79 Å².